The van der Waals surface area contributed by atoms with Gasteiger partial charge in [0.2, 0.25) is 0 Å². The van der Waals surface area contributed by atoms with Crippen molar-refractivity contribution in [1.82, 2.24) is 0 Å². The Morgan fingerprint density at radius 2 is 2.38 bits per heavy atom. The van der Waals surface area contributed by atoms with E-state index in [4.69, 9.17) is 0 Å². The molecule has 0 spiro atoms. The van der Waals surface area contributed by atoms with Crippen LogP contribution in [0, 0.1) is 0 Å². The first-order chi connectivity index (χ1) is 3.39. The summed E-state index contributed by atoms with van der Waals surface area (Å²) in [5.74, 6) is 0. The normalized spacial score (nSPS) is 17.9. The summed E-state index contributed by atoms with van der Waals surface area (Å²) in [4.78, 5) is 0. The van der Waals surface area contributed by atoms with Crippen LogP contribution in [-0.4, -0.2) is 6.54 Å². The van der Waals surface area contributed by atoms with Crippen molar-refractivity contribution in [1.29, 1.82) is 0 Å². The van der Waals surface area contributed by atoms with E-state index < -0.39 is 0 Å². The summed E-state index contributed by atoms with van der Waals surface area (Å²) in [6.45, 7) is 3.17. The van der Waals surface area contributed by atoms with Gasteiger partial charge in [-0.1, -0.05) is 12.0 Å². The van der Waals surface area contributed by atoms with E-state index in [0.717, 1.165) is 6.54 Å². The Bertz CT molecular complexity index is 88.5. The van der Waals surface area contributed by atoms with Crippen molar-refractivity contribution >= 4 is 0 Å². The minimum absolute atomic E-state index is 0. The van der Waals surface area contributed by atoms with E-state index in [-0.39, 0.29) is 58.2 Å². The largest absolute Gasteiger partial charge is 1.00 e. The van der Waals surface area contributed by atoms with Crippen LogP contribution in [0.4, 0.5) is 0 Å². The Morgan fingerprint density at radius 3 is 2.62 bits per heavy atom. The predicted octanol–water partition coefficient (Wildman–Crippen LogP) is -0.938. The number of hydrogen-bond donors (Lipinski definition) is 0. The fourth-order valence-corrected chi connectivity index (χ4v) is 0.734. The summed E-state index contributed by atoms with van der Waals surface area (Å²) in [6, 6.07) is 0. The van der Waals surface area contributed by atoms with E-state index in [0.29, 0.717) is 0 Å². The summed E-state index contributed by atoms with van der Waals surface area (Å²) in [5, 5.41) is 4.10. The topological polar surface area (TPSA) is 14.1 Å². The van der Waals surface area contributed by atoms with Crippen molar-refractivity contribution in [2.45, 2.75) is 19.8 Å². The Labute approximate surface area is 99.7 Å². The molecule has 0 aliphatic carbocycles. The van der Waals surface area contributed by atoms with Crippen LogP contribution in [0.25, 0.3) is 5.32 Å². The van der Waals surface area contributed by atoms with Crippen LogP contribution in [0.5, 0.6) is 0 Å². The van der Waals surface area contributed by atoms with Crippen molar-refractivity contribution < 1.29 is 58.2 Å². The first-order valence-electron chi connectivity index (χ1n) is 2.72. The average molecular weight is 182 g/mol. The van der Waals surface area contributed by atoms with Gasteiger partial charge in [0.15, 0.2) is 0 Å². The summed E-state index contributed by atoms with van der Waals surface area (Å²) in [5.41, 5.74) is 1.42. The fourth-order valence-electron chi connectivity index (χ4n) is 0.734. The zero-order valence-corrected chi connectivity index (χ0v) is 10.6. The second-order valence-corrected chi connectivity index (χ2v) is 1.99. The van der Waals surface area contributed by atoms with Gasteiger partial charge >= 0.3 is 58.2 Å². The SMILES string of the molecule is CC1=C[N-]CCC1.[Rb+]. The molecule has 0 N–H and O–H groups in total. The summed E-state index contributed by atoms with van der Waals surface area (Å²) in [7, 11) is 0. The first kappa shape index (κ1) is 9.35. The zero-order valence-electron chi connectivity index (χ0n) is 5.65. The fraction of sp³-hybridized carbons (Fsp3) is 0.667. The number of allylic oxidation sites excluding steroid dienone is 1. The Hall–Kier alpha value is 1.35. The molecule has 0 aromatic carbocycles. The molecule has 0 saturated carbocycles. The van der Waals surface area contributed by atoms with Crippen molar-refractivity contribution in [2.24, 2.45) is 0 Å². The van der Waals surface area contributed by atoms with Gasteiger partial charge in [-0.3, -0.25) is 0 Å². The van der Waals surface area contributed by atoms with Gasteiger partial charge in [-0.15, -0.1) is 6.54 Å². The number of nitrogens with zero attached hydrogens (tertiary/aromatic N) is 1. The minimum atomic E-state index is 0. The van der Waals surface area contributed by atoms with Gasteiger partial charge in [-0.2, -0.15) is 6.20 Å². The molecule has 1 rings (SSSR count). The molecule has 0 radical (unpaired) electrons. The molecule has 40 valence electrons. The second kappa shape index (κ2) is 5.16. The molecule has 0 fully saturated rings. The van der Waals surface area contributed by atoms with E-state index >= 15 is 0 Å². The summed E-state index contributed by atoms with van der Waals surface area (Å²) < 4.78 is 0. The van der Waals surface area contributed by atoms with Gasteiger partial charge in [0.05, 0.1) is 0 Å². The molecule has 0 aromatic rings. The molecule has 1 heterocycles. The zero-order chi connectivity index (χ0) is 5.11. The predicted molar refractivity (Wildman–Crippen MR) is 31.2 cm³/mol. The third-order valence-corrected chi connectivity index (χ3v) is 1.17. The van der Waals surface area contributed by atoms with Crippen LogP contribution in [-0.2, 0) is 0 Å². The maximum atomic E-state index is 4.10. The van der Waals surface area contributed by atoms with E-state index in [1.54, 1.807) is 0 Å². The minimum Gasteiger partial charge on any atom is -0.691 e. The average Bonchev–Trinajstić information content (AvgIpc) is 1.69. The van der Waals surface area contributed by atoms with Crippen LogP contribution in [0.15, 0.2) is 11.8 Å². The van der Waals surface area contributed by atoms with Crippen LogP contribution < -0.4 is 58.2 Å². The molecule has 0 saturated heterocycles. The third-order valence-electron chi connectivity index (χ3n) is 1.17. The van der Waals surface area contributed by atoms with Crippen molar-refractivity contribution in [3.05, 3.63) is 17.1 Å². The molecule has 0 amide bonds. The maximum Gasteiger partial charge on any atom is 1.00 e. The van der Waals surface area contributed by atoms with Crippen LogP contribution in [0.2, 0.25) is 0 Å². The molecule has 2 heteroatoms. The molecule has 1 nitrogen and oxygen atoms in total. The van der Waals surface area contributed by atoms with E-state index in [1.807, 2.05) is 6.20 Å². The van der Waals surface area contributed by atoms with Gasteiger partial charge in [0.25, 0.3) is 0 Å². The van der Waals surface area contributed by atoms with Gasteiger partial charge in [-0.25, -0.2) is 0 Å². The van der Waals surface area contributed by atoms with Gasteiger partial charge in [0.1, 0.15) is 0 Å². The molecular weight excluding hydrogens is 172 g/mol. The van der Waals surface area contributed by atoms with Crippen molar-refractivity contribution in [2.75, 3.05) is 6.54 Å². The Balaban J connectivity index is 0.000000490. The monoisotopic (exact) mass is 181 g/mol. The van der Waals surface area contributed by atoms with Gasteiger partial charge in [-0.05, 0) is 13.3 Å². The second-order valence-electron chi connectivity index (χ2n) is 1.99. The van der Waals surface area contributed by atoms with Crippen molar-refractivity contribution in [3.63, 3.8) is 0 Å². The van der Waals surface area contributed by atoms with E-state index in [2.05, 4.69) is 12.2 Å². The van der Waals surface area contributed by atoms with Gasteiger partial charge < -0.3 is 5.32 Å². The Morgan fingerprint density at radius 1 is 1.62 bits per heavy atom. The van der Waals surface area contributed by atoms with Crippen LogP contribution >= 0.6 is 0 Å². The van der Waals surface area contributed by atoms with Crippen LogP contribution in [0.3, 0.4) is 0 Å². The molecule has 1 aliphatic rings. The maximum absolute atomic E-state index is 4.10. The molecule has 0 aromatic heterocycles. The smallest absolute Gasteiger partial charge is 0.691 e. The molecule has 8 heavy (non-hydrogen) atoms. The van der Waals surface area contributed by atoms with Crippen molar-refractivity contribution in [3.8, 4) is 0 Å². The quantitative estimate of drug-likeness (QED) is 0.458. The molecule has 0 atom stereocenters. The molecule has 1 aliphatic heterocycles. The third kappa shape index (κ3) is 3.39. The summed E-state index contributed by atoms with van der Waals surface area (Å²) >= 11 is 0. The standard InChI is InChI=1S/C6H10N.Rb/c1-6-3-2-4-7-5-6;/h5H,2-4H2,1H3;/q-1;+1. The first-order valence-corrected chi connectivity index (χ1v) is 2.72. The Kier molecular flexibility index (Phi) is 6.02. The number of rotatable bonds is 0. The molecule has 0 unspecified atom stereocenters. The van der Waals surface area contributed by atoms with Gasteiger partial charge in [0, 0.05) is 0 Å². The van der Waals surface area contributed by atoms with E-state index in [1.165, 1.54) is 18.4 Å². The van der Waals surface area contributed by atoms with Crippen LogP contribution in [0.1, 0.15) is 19.8 Å². The van der Waals surface area contributed by atoms with E-state index in [9.17, 15) is 0 Å². The number of hydrogen-bond acceptors (Lipinski definition) is 0. The molecular formula is C6H10NRb. The summed E-state index contributed by atoms with van der Waals surface area (Å²) in [6.07, 6.45) is 4.48. The molecule has 0 bridgehead atoms.